The Labute approximate surface area is 207 Å². The van der Waals surface area contributed by atoms with Crippen LogP contribution in [0.1, 0.15) is 16.8 Å². The lowest BCUT2D eigenvalue weighted by Crippen LogP contribution is -2.20. The van der Waals surface area contributed by atoms with Crippen LogP contribution in [0.3, 0.4) is 0 Å². The van der Waals surface area contributed by atoms with Gasteiger partial charge in [0.25, 0.3) is 0 Å². The molecule has 0 aliphatic rings. The van der Waals surface area contributed by atoms with E-state index in [0.717, 1.165) is 34.5 Å². The van der Waals surface area contributed by atoms with Gasteiger partial charge in [0.1, 0.15) is 11.6 Å². The van der Waals surface area contributed by atoms with Crippen LogP contribution in [0.25, 0.3) is 33.6 Å². The Balaban J connectivity index is 1.37. The van der Waals surface area contributed by atoms with Crippen molar-refractivity contribution in [2.24, 2.45) is 0 Å². The Hall–Kier alpha value is -4.53. The average Bonchev–Trinajstić information content (AvgIpc) is 3.19. The van der Waals surface area contributed by atoms with Crippen LogP contribution in [-0.4, -0.2) is 15.5 Å². The number of carbonyl (C=O) groups excluding carboxylic acids is 1. The molecule has 0 saturated carbocycles. The highest BCUT2D eigenvalue weighted by Crippen LogP contribution is 2.32. The first-order valence-electron chi connectivity index (χ1n) is 11.2. The van der Waals surface area contributed by atoms with Gasteiger partial charge in [-0.2, -0.15) is 13.2 Å². The molecule has 0 bridgehead atoms. The zero-order valence-electron chi connectivity index (χ0n) is 19.1. The number of hydrogen-bond donors (Lipinski definition) is 1. The SMILES string of the molecule is O=C(/C=C/c1ccc(C(F)(F)F)cc1)NCc1cc2c3ccccc3n(-c3cc(F)cc(F)c3)c2cn1. The summed E-state index contributed by atoms with van der Waals surface area (Å²) in [5.41, 5.74) is 1.94. The fourth-order valence-corrected chi connectivity index (χ4v) is 4.15. The maximum Gasteiger partial charge on any atom is 0.416 e. The van der Waals surface area contributed by atoms with Gasteiger partial charge in [0, 0.05) is 22.9 Å². The van der Waals surface area contributed by atoms with Crippen molar-refractivity contribution in [2.45, 2.75) is 12.7 Å². The molecular formula is C28H18F5N3O. The third kappa shape index (κ3) is 5.06. The molecule has 186 valence electrons. The predicted molar refractivity (Wildman–Crippen MR) is 131 cm³/mol. The van der Waals surface area contributed by atoms with Crippen molar-refractivity contribution in [1.29, 1.82) is 0 Å². The summed E-state index contributed by atoms with van der Waals surface area (Å²) in [6.07, 6.45) is -0.200. The summed E-state index contributed by atoms with van der Waals surface area (Å²) >= 11 is 0. The Bertz CT molecular complexity index is 1630. The Morgan fingerprint density at radius 3 is 2.30 bits per heavy atom. The number of aromatic nitrogens is 2. The fourth-order valence-electron chi connectivity index (χ4n) is 4.15. The van der Waals surface area contributed by atoms with Crippen LogP contribution in [0.4, 0.5) is 22.0 Å². The summed E-state index contributed by atoms with van der Waals surface area (Å²) in [5.74, 6) is -1.84. The Morgan fingerprint density at radius 1 is 0.892 bits per heavy atom. The van der Waals surface area contributed by atoms with Crippen molar-refractivity contribution < 1.29 is 26.7 Å². The van der Waals surface area contributed by atoms with Crippen molar-refractivity contribution in [1.82, 2.24) is 14.9 Å². The van der Waals surface area contributed by atoms with Crippen LogP contribution < -0.4 is 5.32 Å². The topological polar surface area (TPSA) is 46.9 Å². The number of pyridine rings is 1. The third-order valence-corrected chi connectivity index (χ3v) is 5.83. The van der Waals surface area contributed by atoms with E-state index in [2.05, 4.69) is 10.3 Å². The number of amides is 1. The van der Waals surface area contributed by atoms with Crippen LogP contribution in [0, 0.1) is 11.6 Å². The van der Waals surface area contributed by atoms with Gasteiger partial charge in [-0.1, -0.05) is 30.3 Å². The summed E-state index contributed by atoms with van der Waals surface area (Å²) in [6, 6.07) is 17.0. The minimum absolute atomic E-state index is 0.0974. The quantitative estimate of drug-likeness (QED) is 0.210. The molecule has 5 rings (SSSR count). The molecule has 0 unspecified atom stereocenters. The number of rotatable bonds is 5. The van der Waals surface area contributed by atoms with E-state index in [9.17, 15) is 26.7 Å². The highest BCUT2D eigenvalue weighted by molar-refractivity contribution is 6.09. The van der Waals surface area contributed by atoms with Gasteiger partial charge in [-0.15, -0.1) is 0 Å². The van der Waals surface area contributed by atoms with Gasteiger partial charge in [-0.25, -0.2) is 8.78 Å². The number of para-hydroxylation sites is 1. The molecule has 0 fully saturated rings. The molecule has 1 N–H and O–H groups in total. The summed E-state index contributed by atoms with van der Waals surface area (Å²) < 4.78 is 67.6. The second-order valence-electron chi connectivity index (χ2n) is 8.34. The van der Waals surface area contributed by atoms with Gasteiger partial charge in [-0.05, 0) is 48.0 Å². The molecule has 37 heavy (non-hydrogen) atoms. The van der Waals surface area contributed by atoms with Gasteiger partial charge in [0.05, 0.1) is 40.7 Å². The summed E-state index contributed by atoms with van der Waals surface area (Å²) in [5, 5.41) is 4.33. The second kappa shape index (κ2) is 9.50. The highest BCUT2D eigenvalue weighted by atomic mass is 19.4. The first kappa shape index (κ1) is 24.2. The van der Waals surface area contributed by atoms with E-state index in [4.69, 9.17) is 0 Å². The minimum Gasteiger partial charge on any atom is -0.347 e. The molecule has 2 heterocycles. The number of nitrogens with one attached hydrogen (secondary N) is 1. The van der Waals surface area contributed by atoms with E-state index in [1.165, 1.54) is 36.4 Å². The molecular weight excluding hydrogens is 489 g/mol. The highest BCUT2D eigenvalue weighted by Gasteiger charge is 2.29. The van der Waals surface area contributed by atoms with Crippen LogP contribution in [0.15, 0.2) is 85.1 Å². The van der Waals surface area contributed by atoms with Crippen LogP contribution in [0.5, 0.6) is 0 Å². The molecule has 2 aromatic heterocycles. The minimum atomic E-state index is -4.42. The Morgan fingerprint density at radius 2 is 1.59 bits per heavy atom. The number of benzene rings is 3. The standard InChI is InChI=1S/C28H18F5N3O/c29-19-11-20(30)13-22(12-19)36-25-4-2-1-3-23(25)24-14-21(34-16-26(24)36)15-35-27(37)10-7-17-5-8-18(9-6-17)28(31,32)33/h1-14,16H,15H2,(H,35,37)/b10-7+. The summed E-state index contributed by atoms with van der Waals surface area (Å²) in [7, 11) is 0. The lowest BCUT2D eigenvalue weighted by molar-refractivity contribution is -0.137. The van der Waals surface area contributed by atoms with Crippen molar-refractivity contribution in [3.63, 3.8) is 0 Å². The van der Waals surface area contributed by atoms with Crippen LogP contribution in [0.2, 0.25) is 0 Å². The molecule has 0 spiro atoms. The molecule has 5 aromatic rings. The van der Waals surface area contributed by atoms with Gasteiger partial charge >= 0.3 is 6.18 Å². The number of carbonyl (C=O) groups is 1. The summed E-state index contributed by atoms with van der Waals surface area (Å²) in [4.78, 5) is 16.7. The molecule has 0 saturated heterocycles. The number of fused-ring (bicyclic) bond motifs is 3. The zero-order valence-corrected chi connectivity index (χ0v) is 19.1. The first-order valence-corrected chi connectivity index (χ1v) is 11.2. The molecule has 0 aliphatic carbocycles. The van der Waals surface area contributed by atoms with Crippen LogP contribution in [-0.2, 0) is 17.5 Å². The smallest absolute Gasteiger partial charge is 0.347 e. The molecule has 0 atom stereocenters. The molecule has 9 heteroatoms. The lowest BCUT2D eigenvalue weighted by Gasteiger charge is -2.08. The van der Waals surface area contributed by atoms with E-state index in [1.807, 2.05) is 24.3 Å². The van der Waals surface area contributed by atoms with Gasteiger partial charge in [0.15, 0.2) is 0 Å². The Kier molecular flexibility index (Phi) is 6.20. The summed E-state index contributed by atoms with van der Waals surface area (Å²) in [6.45, 7) is 0.0974. The van der Waals surface area contributed by atoms with Crippen molar-refractivity contribution in [2.75, 3.05) is 0 Å². The number of halogens is 5. The van der Waals surface area contributed by atoms with E-state index in [1.54, 1.807) is 16.8 Å². The maximum atomic E-state index is 13.9. The molecule has 3 aromatic carbocycles. The normalized spacial score (nSPS) is 12.0. The van der Waals surface area contributed by atoms with Gasteiger partial charge in [0.2, 0.25) is 5.91 Å². The predicted octanol–water partition coefficient (Wildman–Crippen LogP) is 6.81. The largest absolute Gasteiger partial charge is 0.416 e. The zero-order chi connectivity index (χ0) is 26.2. The van der Waals surface area contributed by atoms with E-state index in [0.29, 0.717) is 22.5 Å². The van der Waals surface area contributed by atoms with Gasteiger partial charge < -0.3 is 9.88 Å². The van der Waals surface area contributed by atoms with E-state index >= 15 is 0 Å². The number of nitrogens with zero attached hydrogens (tertiary/aromatic N) is 2. The number of alkyl halides is 3. The average molecular weight is 507 g/mol. The first-order chi connectivity index (χ1) is 17.7. The number of hydrogen-bond acceptors (Lipinski definition) is 2. The van der Waals surface area contributed by atoms with Crippen molar-refractivity contribution in [3.8, 4) is 5.69 Å². The lowest BCUT2D eigenvalue weighted by atomic mass is 10.1. The maximum absolute atomic E-state index is 13.9. The van der Waals surface area contributed by atoms with Crippen molar-refractivity contribution >= 4 is 33.8 Å². The third-order valence-electron chi connectivity index (χ3n) is 5.83. The van der Waals surface area contributed by atoms with Gasteiger partial charge in [-0.3, -0.25) is 9.78 Å². The molecule has 0 aliphatic heterocycles. The monoisotopic (exact) mass is 507 g/mol. The molecule has 4 nitrogen and oxygen atoms in total. The van der Waals surface area contributed by atoms with Crippen LogP contribution >= 0.6 is 0 Å². The van der Waals surface area contributed by atoms with E-state index in [-0.39, 0.29) is 6.54 Å². The molecule has 1 amide bonds. The van der Waals surface area contributed by atoms with Crippen molar-refractivity contribution in [3.05, 3.63) is 114 Å². The van der Waals surface area contributed by atoms with E-state index < -0.39 is 29.3 Å². The molecule has 0 radical (unpaired) electrons. The second-order valence-corrected chi connectivity index (χ2v) is 8.34. The fraction of sp³-hybridized carbons (Fsp3) is 0.0714.